The summed E-state index contributed by atoms with van der Waals surface area (Å²) < 4.78 is 62.1. The van der Waals surface area contributed by atoms with Crippen LogP contribution in [0.1, 0.15) is 172 Å². The molecular weight excluding hydrogens is 1100 g/mol. The first-order valence-electron chi connectivity index (χ1n) is 31.5. The summed E-state index contributed by atoms with van der Waals surface area (Å²) in [6, 6.07) is 0. The summed E-state index contributed by atoms with van der Waals surface area (Å²) in [5.41, 5.74) is 1.21. The molecule has 0 aromatic rings. The third-order valence-electron chi connectivity index (χ3n) is 18.0. The Balaban J connectivity index is 0.754. The van der Waals surface area contributed by atoms with E-state index in [1.54, 1.807) is 0 Å². The lowest BCUT2D eigenvalue weighted by Crippen LogP contribution is -2.43. The number of fused-ring (bicyclic) bond motifs is 2. The minimum atomic E-state index is -0.664. The predicted molar refractivity (Wildman–Crippen MR) is 311 cm³/mol. The third-order valence-corrected chi connectivity index (χ3v) is 18.0. The van der Waals surface area contributed by atoms with Gasteiger partial charge in [0, 0.05) is 24.7 Å². The fourth-order valence-corrected chi connectivity index (χ4v) is 12.3. The average molecular weight is 1200 g/mol. The molecule has 6 rings (SSSR count). The highest BCUT2D eigenvalue weighted by Crippen LogP contribution is 2.48. The summed E-state index contributed by atoms with van der Waals surface area (Å²) in [5, 5.41) is 0. The molecule has 0 bridgehead atoms. The van der Waals surface area contributed by atoms with Crippen molar-refractivity contribution in [2.24, 2.45) is 58.2 Å². The molecule has 2 fully saturated rings. The van der Waals surface area contributed by atoms with E-state index in [1.807, 2.05) is 41.5 Å². The maximum Gasteiger partial charge on any atom is 0.311 e. The molecule has 85 heavy (non-hydrogen) atoms. The van der Waals surface area contributed by atoms with Crippen LogP contribution in [0.3, 0.4) is 0 Å². The van der Waals surface area contributed by atoms with Gasteiger partial charge in [-0.2, -0.15) is 0 Å². The Kier molecular flexibility index (Phi) is 26.7. The molecule has 4 aliphatic carbocycles. The average Bonchev–Trinajstić information content (AvgIpc) is 2.51. The van der Waals surface area contributed by atoms with E-state index < -0.39 is 71.1 Å². The van der Waals surface area contributed by atoms with Crippen LogP contribution in [0.4, 0.5) is 0 Å². The maximum atomic E-state index is 13.2. The summed E-state index contributed by atoms with van der Waals surface area (Å²) in [6.07, 6.45) is 15.8. The van der Waals surface area contributed by atoms with Crippen LogP contribution in [-0.2, 0) is 90.5 Å². The van der Waals surface area contributed by atoms with Crippen LogP contribution in [-0.4, -0.2) is 137 Å². The fraction of sp³-hybridized carbons (Fsp3) is 0.758. The SMILES string of the molecule is CCC(C)(C)C(=O)OC1CC(C)C=C2C=CC(C)C(CCC3CC(OC(=O)CCC(=O)OCCOCCOCCOCCOC(=O)CCC(=O)OC4CC(=O)OC(CC[C@H]5C(C)C=CC6=CC(C)CC(OC(=O)C(C)(C)CC)[C@H]65)C4)CC(=O)O3)[C@H]21. The van der Waals surface area contributed by atoms with E-state index in [4.69, 9.17) is 52.1 Å². The van der Waals surface area contributed by atoms with Gasteiger partial charge in [0.05, 0.1) is 89.0 Å². The van der Waals surface area contributed by atoms with E-state index in [0.717, 1.165) is 25.7 Å². The van der Waals surface area contributed by atoms with Crippen LogP contribution in [0, 0.1) is 58.2 Å². The van der Waals surface area contributed by atoms with Crippen molar-refractivity contribution in [3.05, 3.63) is 47.6 Å². The van der Waals surface area contributed by atoms with Crippen LogP contribution in [0.5, 0.6) is 0 Å². The lowest BCUT2D eigenvalue weighted by Gasteiger charge is -2.44. The Hall–Kier alpha value is -5.40. The first-order valence-corrected chi connectivity index (χ1v) is 31.5. The molecule has 0 aromatic carbocycles. The predicted octanol–water partition coefficient (Wildman–Crippen LogP) is 9.98. The number of hydrogen-bond acceptors (Lipinski definition) is 19. The van der Waals surface area contributed by atoms with Crippen molar-refractivity contribution in [2.75, 3.05) is 52.9 Å². The maximum absolute atomic E-state index is 13.2. The zero-order chi connectivity index (χ0) is 61.8. The number of rotatable bonds is 32. The Labute approximate surface area is 503 Å². The highest BCUT2D eigenvalue weighted by atomic mass is 16.6. The van der Waals surface area contributed by atoms with Crippen molar-refractivity contribution >= 4 is 47.8 Å². The third kappa shape index (κ3) is 21.5. The lowest BCUT2D eigenvalue weighted by molar-refractivity contribution is -0.172. The van der Waals surface area contributed by atoms with Gasteiger partial charge in [-0.3, -0.25) is 38.4 Å². The minimum absolute atomic E-state index is 0.0173. The van der Waals surface area contributed by atoms with Gasteiger partial charge in [-0.1, -0.05) is 78.0 Å². The van der Waals surface area contributed by atoms with Crippen LogP contribution < -0.4 is 0 Å². The van der Waals surface area contributed by atoms with Gasteiger partial charge in [-0.15, -0.1) is 0 Å². The topological polar surface area (TPSA) is 238 Å². The number of cyclic esters (lactones) is 2. The van der Waals surface area contributed by atoms with Crippen molar-refractivity contribution in [1.29, 1.82) is 0 Å². The van der Waals surface area contributed by atoms with Crippen molar-refractivity contribution in [1.82, 2.24) is 0 Å². The summed E-state index contributed by atoms with van der Waals surface area (Å²) in [7, 11) is 0. The smallest absolute Gasteiger partial charge is 0.311 e. The summed E-state index contributed by atoms with van der Waals surface area (Å²) in [6.45, 7) is 21.4. The van der Waals surface area contributed by atoms with Crippen LogP contribution in [0.25, 0.3) is 0 Å². The zero-order valence-corrected chi connectivity index (χ0v) is 52.3. The zero-order valence-electron chi connectivity index (χ0n) is 52.3. The quantitative estimate of drug-likeness (QED) is 0.0346. The second-order valence-electron chi connectivity index (χ2n) is 25.7. The first-order chi connectivity index (χ1) is 40.4. The second-order valence-corrected chi connectivity index (χ2v) is 25.7. The minimum Gasteiger partial charge on any atom is -0.463 e. The Morgan fingerprint density at radius 3 is 1.20 bits per heavy atom. The second kappa shape index (κ2) is 33.1. The van der Waals surface area contributed by atoms with Crippen LogP contribution in [0.15, 0.2) is 47.6 Å². The van der Waals surface area contributed by atoms with Crippen LogP contribution in [0.2, 0.25) is 0 Å². The molecule has 0 amide bonds. The Morgan fingerprint density at radius 2 is 0.835 bits per heavy atom. The Morgan fingerprint density at radius 1 is 0.482 bits per heavy atom. The number of allylic oxidation sites excluding steroid dienone is 6. The van der Waals surface area contributed by atoms with Crippen molar-refractivity contribution in [3.63, 3.8) is 0 Å². The van der Waals surface area contributed by atoms with Gasteiger partial charge in [0.2, 0.25) is 0 Å². The van der Waals surface area contributed by atoms with Gasteiger partial charge in [0.25, 0.3) is 0 Å². The molecule has 2 heterocycles. The summed E-state index contributed by atoms with van der Waals surface area (Å²) >= 11 is 0. The standard InChI is InChI=1S/C66H98O19/c1-11-65(7,8)63(73)84-53-35-41(3)33-45-15-13-43(5)51(61(45)53)19-17-47-37-49(39-59(71)80-47)82-57(69)23-21-55(67)78-31-29-76-27-25-75-26-28-77-30-32-79-56(68)22-24-58(70)83-50-38-48(81-60(72)40-50)18-20-52-44(6)14-16-46-34-42(4)36-54(62(46)52)85-64(74)66(9,10)12-2/h13-16,33-34,41-44,47-54,61-62H,11-12,17-32,35-40H2,1-10H3/t41?,42?,43?,44?,47?,48?,49?,50?,51-,52?,53?,54?,61+,62-/m0/s1. The molecule has 2 saturated heterocycles. The Bertz CT molecular complexity index is 2240. The molecule has 6 aliphatic rings. The van der Waals surface area contributed by atoms with Gasteiger partial charge in [-0.25, -0.2) is 0 Å². The molecule has 11 unspecified atom stereocenters. The van der Waals surface area contributed by atoms with Gasteiger partial charge in [0.15, 0.2) is 0 Å². The molecule has 476 valence electrons. The summed E-state index contributed by atoms with van der Waals surface area (Å²) in [4.78, 5) is 102. The fourth-order valence-electron chi connectivity index (χ4n) is 12.3. The molecule has 19 heteroatoms. The molecule has 0 N–H and O–H groups in total. The molecule has 19 nitrogen and oxygen atoms in total. The molecular formula is C66H98O19. The van der Waals surface area contributed by atoms with Crippen molar-refractivity contribution in [2.45, 2.75) is 209 Å². The van der Waals surface area contributed by atoms with Gasteiger partial charge in [-0.05, 0) is 126 Å². The van der Waals surface area contributed by atoms with Crippen LogP contribution >= 0.6 is 0 Å². The number of carbonyl (C=O) groups is 8. The van der Waals surface area contributed by atoms with Gasteiger partial charge < -0.3 is 52.1 Å². The van der Waals surface area contributed by atoms with Gasteiger partial charge in [0.1, 0.15) is 49.8 Å². The molecule has 0 spiro atoms. The molecule has 0 aromatic heterocycles. The number of ether oxygens (including phenoxy) is 11. The van der Waals surface area contributed by atoms with Gasteiger partial charge >= 0.3 is 47.8 Å². The highest BCUT2D eigenvalue weighted by Gasteiger charge is 2.46. The van der Waals surface area contributed by atoms with Crippen molar-refractivity contribution < 1.29 is 90.5 Å². The first kappa shape index (κ1) is 68.7. The largest absolute Gasteiger partial charge is 0.463 e. The van der Waals surface area contributed by atoms with E-state index in [9.17, 15) is 38.4 Å². The number of carbonyl (C=O) groups excluding carboxylic acids is 8. The lowest BCUT2D eigenvalue weighted by atomic mass is 9.65. The van der Waals surface area contributed by atoms with Crippen molar-refractivity contribution in [3.8, 4) is 0 Å². The molecule has 0 radical (unpaired) electrons. The summed E-state index contributed by atoms with van der Waals surface area (Å²) in [5.74, 6) is -2.25. The van der Waals surface area contributed by atoms with E-state index in [0.29, 0.717) is 38.5 Å². The normalized spacial score (nSPS) is 29.2. The molecule has 2 aliphatic heterocycles. The highest BCUT2D eigenvalue weighted by molar-refractivity contribution is 5.79. The van der Waals surface area contributed by atoms with E-state index >= 15 is 0 Å². The van der Waals surface area contributed by atoms with E-state index in [2.05, 4.69) is 64.2 Å². The molecule has 0 saturated carbocycles. The number of esters is 8. The number of hydrogen-bond donors (Lipinski definition) is 0. The van der Waals surface area contributed by atoms with E-state index in [1.165, 1.54) is 11.1 Å². The van der Waals surface area contributed by atoms with E-state index in [-0.39, 0.29) is 163 Å². The monoisotopic (exact) mass is 1190 g/mol. The molecule has 14 atom stereocenters.